The Kier molecular flexibility index (Phi) is 6.74. The molecule has 0 bridgehead atoms. The van der Waals surface area contributed by atoms with Gasteiger partial charge in [0.05, 0.1) is 5.69 Å². The molecule has 3 aromatic rings. The Morgan fingerprint density at radius 1 is 0.963 bits per heavy atom. The highest BCUT2D eigenvalue weighted by atomic mass is 35.5. The second-order valence-corrected chi connectivity index (χ2v) is 7.42. The Bertz CT molecular complexity index is 967. The van der Waals surface area contributed by atoms with Crippen LogP contribution < -0.4 is 4.74 Å². The van der Waals surface area contributed by atoms with E-state index in [1.807, 2.05) is 86.0 Å². The van der Waals surface area contributed by atoms with Crippen LogP contribution in [0.1, 0.15) is 11.1 Å². The molecule has 2 nitrogen and oxygen atoms in total. The normalized spacial score (nSPS) is 11.7. The summed E-state index contributed by atoms with van der Waals surface area (Å²) in [5, 5.41) is 2.66. The minimum absolute atomic E-state index is 0.504. The molecule has 0 radical (unpaired) electrons. The molecule has 0 aromatic heterocycles. The molecule has 0 saturated heterocycles. The molecule has 0 N–H and O–H groups in total. The van der Waals surface area contributed by atoms with E-state index >= 15 is 0 Å². The van der Waals surface area contributed by atoms with Crippen molar-refractivity contribution < 1.29 is 4.74 Å². The van der Waals surface area contributed by atoms with Crippen molar-refractivity contribution in [3.63, 3.8) is 0 Å². The predicted octanol–water partition coefficient (Wildman–Crippen LogP) is 7.37. The largest absolute Gasteiger partial charge is 0.439 e. The Morgan fingerprint density at radius 2 is 1.78 bits per heavy atom. The minimum atomic E-state index is 0.504. The molecule has 3 rings (SSSR count). The van der Waals surface area contributed by atoms with Crippen LogP contribution in [0.5, 0.6) is 5.75 Å². The summed E-state index contributed by atoms with van der Waals surface area (Å²) in [5.74, 6) is 1.25. The number of rotatable bonds is 5. The first-order valence-electron chi connectivity index (χ1n) is 8.58. The van der Waals surface area contributed by atoms with Crippen molar-refractivity contribution in [2.75, 3.05) is 0 Å². The maximum absolute atomic E-state index is 6.23. The van der Waals surface area contributed by atoms with E-state index in [1.165, 1.54) is 0 Å². The van der Waals surface area contributed by atoms with Crippen molar-refractivity contribution >= 4 is 34.9 Å². The zero-order valence-electron chi connectivity index (χ0n) is 15.2. The summed E-state index contributed by atoms with van der Waals surface area (Å²) < 4.78 is 6.01. The van der Waals surface area contributed by atoms with Crippen molar-refractivity contribution in [3.05, 3.63) is 100 Å². The van der Waals surface area contributed by atoms with Crippen LogP contribution in [0.2, 0.25) is 5.02 Å². The maximum atomic E-state index is 6.23. The summed E-state index contributed by atoms with van der Waals surface area (Å²) in [6, 6.07) is 23.8. The number of nitrogens with zero attached hydrogens (tertiary/aromatic N) is 1. The third-order valence-electron chi connectivity index (χ3n) is 3.76. The van der Waals surface area contributed by atoms with Crippen LogP contribution in [0.25, 0.3) is 0 Å². The highest BCUT2D eigenvalue weighted by molar-refractivity contribution is 8.02. The Morgan fingerprint density at radius 3 is 2.52 bits per heavy atom. The lowest BCUT2D eigenvalue weighted by Crippen LogP contribution is -2.04. The number of halogens is 1. The number of hydrogen-bond donors (Lipinski definition) is 0. The molecule has 0 atom stereocenters. The van der Waals surface area contributed by atoms with Crippen LogP contribution in [-0.4, -0.2) is 5.90 Å². The maximum Gasteiger partial charge on any atom is 0.220 e. The lowest BCUT2D eigenvalue weighted by Gasteiger charge is -2.07. The van der Waals surface area contributed by atoms with Gasteiger partial charge >= 0.3 is 0 Å². The van der Waals surface area contributed by atoms with E-state index < -0.39 is 0 Å². The Balaban J connectivity index is 1.85. The molecule has 0 amide bonds. The lowest BCUT2D eigenvalue weighted by atomic mass is 10.2. The molecule has 4 heteroatoms. The van der Waals surface area contributed by atoms with Crippen molar-refractivity contribution in [1.29, 1.82) is 0 Å². The molecule has 0 saturated carbocycles. The van der Waals surface area contributed by atoms with E-state index in [9.17, 15) is 0 Å². The van der Waals surface area contributed by atoms with Crippen molar-refractivity contribution in [3.8, 4) is 5.75 Å². The van der Waals surface area contributed by atoms with Crippen LogP contribution in [0, 0.1) is 13.8 Å². The number of aliphatic imine (C=N–C) groups is 1. The topological polar surface area (TPSA) is 21.6 Å². The van der Waals surface area contributed by atoms with Gasteiger partial charge in [0, 0.05) is 16.0 Å². The number of ether oxygens (including phenoxy) is 1. The van der Waals surface area contributed by atoms with Gasteiger partial charge in [-0.3, -0.25) is 0 Å². The first kappa shape index (κ1) is 19.3. The summed E-state index contributed by atoms with van der Waals surface area (Å²) in [6.45, 7) is 4.00. The smallest absolute Gasteiger partial charge is 0.220 e. The van der Waals surface area contributed by atoms with E-state index in [2.05, 4.69) is 17.1 Å². The van der Waals surface area contributed by atoms with Crippen molar-refractivity contribution in [2.45, 2.75) is 18.7 Å². The molecule has 27 heavy (non-hydrogen) atoms. The van der Waals surface area contributed by atoms with Crippen LogP contribution in [-0.2, 0) is 0 Å². The van der Waals surface area contributed by atoms with E-state index in [1.54, 1.807) is 11.8 Å². The quantitative estimate of drug-likeness (QED) is 0.256. The Labute approximate surface area is 169 Å². The molecule has 0 aliphatic rings. The van der Waals surface area contributed by atoms with Gasteiger partial charge in [-0.05, 0) is 66.8 Å². The molecule has 3 aromatic carbocycles. The second kappa shape index (κ2) is 9.45. The lowest BCUT2D eigenvalue weighted by molar-refractivity contribution is 0.555. The molecule has 0 heterocycles. The highest BCUT2D eigenvalue weighted by Crippen LogP contribution is 2.24. The van der Waals surface area contributed by atoms with Crippen LogP contribution in [0.15, 0.2) is 94.2 Å². The average Bonchev–Trinajstić information content (AvgIpc) is 2.65. The SMILES string of the molecule is Cc1cccc(OC(C=CSc2ccccc2)=Nc2ccc(C)c(Cl)c2)c1. The molecule has 0 aliphatic carbocycles. The van der Waals surface area contributed by atoms with Gasteiger partial charge in [0.15, 0.2) is 0 Å². The van der Waals surface area contributed by atoms with Gasteiger partial charge in [0.2, 0.25) is 5.90 Å². The van der Waals surface area contributed by atoms with Gasteiger partial charge in [0.25, 0.3) is 0 Å². The van der Waals surface area contributed by atoms with Gasteiger partial charge in [0.1, 0.15) is 5.75 Å². The fourth-order valence-electron chi connectivity index (χ4n) is 2.34. The van der Waals surface area contributed by atoms with E-state index in [0.29, 0.717) is 10.9 Å². The molecular weight excluding hydrogens is 374 g/mol. The van der Waals surface area contributed by atoms with Gasteiger partial charge < -0.3 is 4.74 Å². The molecule has 136 valence electrons. The van der Waals surface area contributed by atoms with Crippen LogP contribution in [0.4, 0.5) is 5.69 Å². The summed E-state index contributed by atoms with van der Waals surface area (Å²) in [7, 11) is 0. The van der Waals surface area contributed by atoms with Gasteiger partial charge in [-0.25, -0.2) is 4.99 Å². The summed E-state index contributed by atoms with van der Waals surface area (Å²) in [6.07, 6.45) is 1.87. The summed E-state index contributed by atoms with van der Waals surface area (Å²) in [4.78, 5) is 5.78. The molecular formula is C23H20ClNOS. The number of benzene rings is 3. The summed E-state index contributed by atoms with van der Waals surface area (Å²) in [5.41, 5.74) is 2.91. The van der Waals surface area contributed by atoms with Crippen LogP contribution in [0.3, 0.4) is 0 Å². The third kappa shape index (κ3) is 6.02. The monoisotopic (exact) mass is 393 g/mol. The Hall–Kier alpha value is -2.49. The molecule has 0 unspecified atom stereocenters. The van der Waals surface area contributed by atoms with E-state index in [4.69, 9.17) is 16.3 Å². The molecule has 0 fully saturated rings. The van der Waals surface area contributed by atoms with Gasteiger partial charge in [-0.15, -0.1) is 0 Å². The van der Waals surface area contributed by atoms with Crippen LogP contribution >= 0.6 is 23.4 Å². The summed E-state index contributed by atoms with van der Waals surface area (Å²) >= 11 is 7.84. The van der Waals surface area contributed by atoms with Crippen molar-refractivity contribution in [1.82, 2.24) is 0 Å². The number of hydrogen-bond acceptors (Lipinski definition) is 3. The van der Waals surface area contributed by atoms with Gasteiger partial charge in [-0.2, -0.15) is 0 Å². The first-order valence-corrected chi connectivity index (χ1v) is 9.83. The van der Waals surface area contributed by atoms with E-state index in [0.717, 1.165) is 27.5 Å². The zero-order chi connectivity index (χ0) is 19.1. The minimum Gasteiger partial charge on any atom is -0.439 e. The standard InChI is InChI=1S/C23H20ClNOS/c1-17-7-6-8-20(15-17)26-23(13-14-27-21-9-4-3-5-10-21)25-19-12-11-18(2)22(24)16-19/h3-16H,1-2H3. The molecule has 0 spiro atoms. The van der Waals surface area contributed by atoms with Gasteiger partial charge in [-0.1, -0.05) is 59.8 Å². The average molecular weight is 394 g/mol. The highest BCUT2D eigenvalue weighted by Gasteiger charge is 2.03. The zero-order valence-corrected chi connectivity index (χ0v) is 16.8. The fourth-order valence-corrected chi connectivity index (χ4v) is 3.17. The second-order valence-electron chi connectivity index (χ2n) is 6.04. The molecule has 0 aliphatic heterocycles. The number of thioether (sulfide) groups is 1. The first-order chi connectivity index (χ1) is 13.1. The van der Waals surface area contributed by atoms with Crippen molar-refractivity contribution in [2.24, 2.45) is 4.99 Å². The third-order valence-corrected chi connectivity index (χ3v) is 4.99. The number of aryl methyl sites for hydroxylation is 2. The predicted molar refractivity (Wildman–Crippen MR) is 117 cm³/mol. The fraction of sp³-hybridized carbons (Fsp3) is 0.0870. The van der Waals surface area contributed by atoms with E-state index in [-0.39, 0.29) is 0 Å².